The Kier molecular flexibility index (Phi) is 4.57. The van der Waals surface area contributed by atoms with E-state index in [-0.39, 0.29) is 19.7 Å². The Morgan fingerprint density at radius 3 is 2.56 bits per heavy atom. The number of methoxy groups -OCH3 is 1. The van der Waals surface area contributed by atoms with Gasteiger partial charge in [0.1, 0.15) is 0 Å². The molecule has 0 bridgehead atoms. The van der Waals surface area contributed by atoms with E-state index in [1.165, 1.54) is 12.0 Å². The Morgan fingerprint density at radius 1 is 1.56 bits per heavy atom. The van der Waals surface area contributed by atoms with E-state index in [0.717, 1.165) is 0 Å². The number of hydrogen-bond acceptors (Lipinski definition) is 4. The third-order valence-corrected chi connectivity index (χ3v) is 3.13. The standard InChI is InChI=1S/C10H16F3NO4/c1-18-5-7(15)4-14-3-2-9(6-14,8(16)17)10(11,12)13/h7,15H,2-6H2,1H3,(H,16,17). The number of β-amino-alcohol motifs (C(OH)–C–C–N with tert-alkyl or cyclic N) is 1. The van der Waals surface area contributed by atoms with Crippen LogP contribution in [0.25, 0.3) is 0 Å². The van der Waals surface area contributed by atoms with Crippen LogP contribution in [0.3, 0.4) is 0 Å². The number of hydrogen-bond donors (Lipinski definition) is 2. The third-order valence-electron chi connectivity index (χ3n) is 3.13. The molecule has 1 rings (SSSR count). The molecular weight excluding hydrogens is 255 g/mol. The molecule has 0 radical (unpaired) electrons. The van der Waals surface area contributed by atoms with Crippen LogP contribution >= 0.6 is 0 Å². The maximum Gasteiger partial charge on any atom is 0.406 e. The highest BCUT2D eigenvalue weighted by atomic mass is 19.4. The Balaban J connectivity index is 2.70. The van der Waals surface area contributed by atoms with Crippen LogP contribution in [-0.2, 0) is 9.53 Å². The normalized spacial score (nSPS) is 27.4. The summed E-state index contributed by atoms with van der Waals surface area (Å²) in [5, 5.41) is 18.2. The Bertz CT molecular complexity index is 310. The number of aliphatic hydroxyl groups excluding tert-OH is 1. The summed E-state index contributed by atoms with van der Waals surface area (Å²) in [6, 6.07) is 0. The molecule has 5 nitrogen and oxygen atoms in total. The number of halogens is 3. The Labute approximate surface area is 102 Å². The van der Waals surface area contributed by atoms with Crippen molar-refractivity contribution in [2.75, 3.05) is 33.4 Å². The molecule has 1 fully saturated rings. The zero-order chi connectivity index (χ0) is 14.0. The molecule has 0 aliphatic carbocycles. The lowest BCUT2D eigenvalue weighted by atomic mass is 9.86. The molecule has 106 valence electrons. The predicted octanol–water partition coefficient (Wildman–Crippen LogP) is 0.333. The number of alkyl halides is 3. The van der Waals surface area contributed by atoms with Crippen LogP contribution in [0.15, 0.2) is 0 Å². The van der Waals surface area contributed by atoms with Crippen molar-refractivity contribution in [1.29, 1.82) is 0 Å². The topological polar surface area (TPSA) is 70.0 Å². The Morgan fingerprint density at radius 2 is 2.17 bits per heavy atom. The van der Waals surface area contributed by atoms with E-state index < -0.39 is 36.6 Å². The number of aliphatic carboxylic acids is 1. The van der Waals surface area contributed by atoms with E-state index in [4.69, 9.17) is 5.11 Å². The smallest absolute Gasteiger partial charge is 0.406 e. The summed E-state index contributed by atoms with van der Waals surface area (Å²) in [6.07, 6.45) is -6.21. The number of carboxylic acids is 1. The second-order valence-electron chi connectivity index (χ2n) is 4.48. The van der Waals surface area contributed by atoms with E-state index in [9.17, 15) is 23.1 Å². The molecule has 1 aliphatic rings. The van der Waals surface area contributed by atoms with Gasteiger partial charge in [-0.1, -0.05) is 0 Å². The highest BCUT2D eigenvalue weighted by Gasteiger charge is 2.63. The van der Waals surface area contributed by atoms with Crippen LogP contribution in [0.4, 0.5) is 13.2 Å². The molecule has 0 aromatic carbocycles. The molecule has 18 heavy (non-hydrogen) atoms. The SMILES string of the molecule is COCC(O)CN1CCC(C(=O)O)(C(F)(F)F)C1. The number of rotatable bonds is 5. The average molecular weight is 271 g/mol. The van der Waals surface area contributed by atoms with Gasteiger partial charge in [-0.25, -0.2) is 0 Å². The summed E-state index contributed by atoms with van der Waals surface area (Å²) in [4.78, 5) is 12.2. The second-order valence-corrected chi connectivity index (χ2v) is 4.48. The van der Waals surface area contributed by atoms with E-state index in [0.29, 0.717) is 0 Å². The molecule has 2 atom stereocenters. The molecule has 1 aliphatic heterocycles. The number of carboxylic acid groups (broad SMARTS) is 1. The maximum atomic E-state index is 12.8. The number of aliphatic hydroxyl groups is 1. The van der Waals surface area contributed by atoms with Gasteiger partial charge in [0.2, 0.25) is 0 Å². The van der Waals surface area contributed by atoms with Crippen molar-refractivity contribution in [1.82, 2.24) is 4.90 Å². The van der Waals surface area contributed by atoms with Crippen molar-refractivity contribution in [3.8, 4) is 0 Å². The fraction of sp³-hybridized carbons (Fsp3) is 0.900. The van der Waals surface area contributed by atoms with E-state index in [1.807, 2.05) is 0 Å². The van der Waals surface area contributed by atoms with Crippen molar-refractivity contribution in [2.24, 2.45) is 5.41 Å². The lowest BCUT2D eigenvalue weighted by Crippen LogP contribution is -2.47. The lowest BCUT2D eigenvalue weighted by molar-refractivity contribution is -0.227. The van der Waals surface area contributed by atoms with Gasteiger partial charge < -0.3 is 14.9 Å². The van der Waals surface area contributed by atoms with Crippen LogP contribution in [0.1, 0.15) is 6.42 Å². The van der Waals surface area contributed by atoms with Crippen LogP contribution in [0, 0.1) is 5.41 Å². The first kappa shape index (κ1) is 15.2. The van der Waals surface area contributed by atoms with Gasteiger partial charge in [-0.05, 0) is 13.0 Å². The van der Waals surface area contributed by atoms with Gasteiger partial charge in [0.05, 0.1) is 12.7 Å². The molecular formula is C10H16F3NO4. The lowest BCUT2D eigenvalue weighted by Gasteiger charge is -2.27. The summed E-state index contributed by atoms with van der Waals surface area (Å²) >= 11 is 0. The van der Waals surface area contributed by atoms with Gasteiger partial charge in [0.15, 0.2) is 5.41 Å². The van der Waals surface area contributed by atoms with Gasteiger partial charge in [-0.2, -0.15) is 13.2 Å². The van der Waals surface area contributed by atoms with Crippen molar-refractivity contribution < 1.29 is 32.9 Å². The van der Waals surface area contributed by atoms with Gasteiger partial charge in [-0.15, -0.1) is 0 Å². The first-order valence-electron chi connectivity index (χ1n) is 5.42. The van der Waals surface area contributed by atoms with Crippen molar-refractivity contribution in [2.45, 2.75) is 18.7 Å². The van der Waals surface area contributed by atoms with Crippen LogP contribution in [-0.4, -0.2) is 66.7 Å². The zero-order valence-electron chi connectivity index (χ0n) is 9.90. The van der Waals surface area contributed by atoms with Gasteiger partial charge in [-0.3, -0.25) is 9.69 Å². The first-order chi connectivity index (χ1) is 8.23. The first-order valence-corrected chi connectivity index (χ1v) is 5.42. The summed E-state index contributed by atoms with van der Waals surface area (Å²) in [5.74, 6) is -1.86. The number of likely N-dealkylation sites (tertiary alicyclic amines) is 1. The molecule has 8 heteroatoms. The quantitative estimate of drug-likeness (QED) is 0.754. The molecule has 0 aromatic heterocycles. The number of nitrogens with zero attached hydrogens (tertiary/aromatic N) is 1. The van der Waals surface area contributed by atoms with Gasteiger partial charge >= 0.3 is 12.1 Å². The fourth-order valence-corrected chi connectivity index (χ4v) is 2.11. The molecule has 0 aromatic rings. The molecule has 2 N–H and O–H groups in total. The highest BCUT2D eigenvalue weighted by molar-refractivity contribution is 5.76. The number of ether oxygens (including phenoxy) is 1. The summed E-state index contributed by atoms with van der Waals surface area (Å²) in [5.41, 5.74) is -2.72. The third kappa shape index (κ3) is 2.93. The largest absolute Gasteiger partial charge is 0.481 e. The summed E-state index contributed by atoms with van der Waals surface area (Å²) < 4.78 is 43.2. The monoisotopic (exact) mass is 271 g/mol. The van der Waals surface area contributed by atoms with E-state index in [1.54, 1.807) is 0 Å². The van der Waals surface area contributed by atoms with E-state index in [2.05, 4.69) is 4.74 Å². The molecule has 2 unspecified atom stereocenters. The zero-order valence-corrected chi connectivity index (χ0v) is 9.90. The van der Waals surface area contributed by atoms with Crippen LogP contribution < -0.4 is 0 Å². The van der Waals surface area contributed by atoms with Gasteiger partial charge in [0, 0.05) is 20.2 Å². The minimum absolute atomic E-state index is 0.00257. The average Bonchev–Trinajstić information content (AvgIpc) is 2.62. The second kappa shape index (κ2) is 5.41. The van der Waals surface area contributed by atoms with Crippen LogP contribution in [0.5, 0.6) is 0 Å². The van der Waals surface area contributed by atoms with Crippen LogP contribution in [0.2, 0.25) is 0 Å². The minimum atomic E-state index is -4.79. The predicted molar refractivity (Wildman–Crippen MR) is 55.1 cm³/mol. The molecule has 0 saturated carbocycles. The Hall–Kier alpha value is -0.860. The van der Waals surface area contributed by atoms with E-state index >= 15 is 0 Å². The summed E-state index contributed by atoms with van der Waals surface area (Å²) in [7, 11) is 1.37. The minimum Gasteiger partial charge on any atom is -0.481 e. The van der Waals surface area contributed by atoms with Crippen molar-refractivity contribution >= 4 is 5.97 Å². The van der Waals surface area contributed by atoms with Crippen molar-refractivity contribution in [3.63, 3.8) is 0 Å². The molecule has 0 amide bonds. The highest BCUT2D eigenvalue weighted by Crippen LogP contribution is 2.45. The number of carbonyl (C=O) groups is 1. The maximum absolute atomic E-state index is 12.8. The molecule has 1 saturated heterocycles. The van der Waals surface area contributed by atoms with Crippen molar-refractivity contribution in [3.05, 3.63) is 0 Å². The molecule has 0 spiro atoms. The summed E-state index contributed by atoms with van der Waals surface area (Å²) in [6.45, 7) is -0.666. The fourth-order valence-electron chi connectivity index (χ4n) is 2.11. The molecule has 1 heterocycles. The van der Waals surface area contributed by atoms with Gasteiger partial charge in [0.25, 0.3) is 0 Å².